The van der Waals surface area contributed by atoms with E-state index in [-0.39, 0.29) is 17.6 Å². The van der Waals surface area contributed by atoms with E-state index in [1.807, 2.05) is 0 Å². The summed E-state index contributed by atoms with van der Waals surface area (Å²) >= 11 is 11.7. The lowest BCUT2D eigenvalue weighted by atomic mass is 10.1. The molecule has 0 amide bonds. The van der Waals surface area contributed by atoms with Gasteiger partial charge in [0.15, 0.2) is 0 Å². The maximum absolute atomic E-state index is 10.2. The van der Waals surface area contributed by atoms with Gasteiger partial charge < -0.3 is 20.9 Å². The monoisotopic (exact) mass is 328 g/mol. The smallest absolute Gasteiger partial charge is 0.223 e. The van der Waals surface area contributed by atoms with Gasteiger partial charge in [0.05, 0.1) is 13.2 Å². The molecule has 1 atom stereocenters. The Balaban J connectivity index is 2.11. The van der Waals surface area contributed by atoms with Crippen molar-refractivity contribution in [2.24, 2.45) is 0 Å². The predicted molar refractivity (Wildman–Crippen MR) is 82.9 cm³/mol. The van der Waals surface area contributed by atoms with Crippen LogP contribution in [0, 0.1) is 0 Å². The molecule has 112 valence electrons. The molecule has 0 saturated heterocycles. The fourth-order valence-electron chi connectivity index (χ4n) is 1.80. The Labute approximate surface area is 131 Å². The third kappa shape index (κ3) is 4.10. The molecule has 0 bridgehead atoms. The zero-order chi connectivity index (χ0) is 15.4. The van der Waals surface area contributed by atoms with Crippen molar-refractivity contribution >= 4 is 35.0 Å². The third-order valence-electron chi connectivity index (χ3n) is 2.74. The largest absolute Gasteiger partial charge is 0.496 e. The number of benzene rings is 1. The molecule has 1 aromatic carbocycles. The number of ether oxygens (including phenoxy) is 1. The fourth-order valence-corrected chi connectivity index (χ4v) is 2.17. The minimum Gasteiger partial charge on any atom is -0.496 e. The number of aliphatic hydroxyl groups excluding tert-OH is 1. The predicted octanol–water partition coefficient (Wildman–Crippen LogP) is 2.52. The molecule has 1 aromatic heterocycles. The minimum absolute atomic E-state index is 0.0554. The standard InChI is InChI=1S/C13H14Cl2N4O2/c1-21-10-3-2-7(14)4-8(10)9(20)6-17-12-5-11(15)18-13(16)19-12/h2-5,9,20H,6H2,1H3,(H3,16,17,18,19). The van der Waals surface area contributed by atoms with Crippen LogP contribution in [0.4, 0.5) is 11.8 Å². The topological polar surface area (TPSA) is 93.3 Å². The maximum atomic E-state index is 10.2. The molecular weight excluding hydrogens is 315 g/mol. The van der Waals surface area contributed by atoms with E-state index >= 15 is 0 Å². The highest BCUT2D eigenvalue weighted by atomic mass is 35.5. The van der Waals surface area contributed by atoms with Crippen LogP contribution < -0.4 is 15.8 Å². The van der Waals surface area contributed by atoms with Crippen LogP contribution in [0.25, 0.3) is 0 Å². The molecule has 21 heavy (non-hydrogen) atoms. The number of anilines is 2. The zero-order valence-electron chi connectivity index (χ0n) is 11.2. The molecule has 0 spiro atoms. The number of nitrogen functional groups attached to an aromatic ring is 1. The van der Waals surface area contributed by atoms with Gasteiger partial charge in [0, 0.05) is 23.2 Å². The first-order chi connectivity index (χ1) is 9.99. The third-order valence-corrected chi connectivity index (χ3v) is 3.17. The molecule has 1 unspecified atom stereocenters. The molecule has 8 heteroatoms. The number of rotatable bonds is 5. The molecule has 2 rings (SSSR count). The summed E-state index contributed by atoms with van der Waals surface area (Å²) in [5.41, 5.74) is 6.07. The molecule has 0 aliphatic rings. The molecular formula is C13H14Cl2N4O2. The first-order valence-corrected chi connectivity index (χ1v) is 6.80. The summed E-state index contributed by atoms with van der Waals surface area (Å²) < 4.78 is 5.20. The number of nitrogens with one attached hydrogen (secondary N) is 1. The van der Waals surface area contributed by atoms with Gasteiger partial charge in [0.2, 0.25) is 5.95 Å². The van der Waals surface area contributed by atoms with Gasteiger partial charge in [-0.05, 0) is 18.2 Å². The van der Waals surface area contributed by atoms with Crippen molar-refractivity contribution in [3.05, 3.63) is 40.0 Å². The number of hydrogen-bond donors (Lipinski definition) is 3. The second-order valence-corrected chi connectivity index (χ2v) is 5.04. The van der Waals surface area contributed by atoms with Crippen molar-refractivity contribution in [3.63, 3.8) is 0 Å². The summed E-state index contributed by atoms with van der Waals surface area (Å²) in [7, 11) is 1.53. The lowest BCUT2D eigenvalue weighted by molar-refractivity contribution is 0.187. The van der Waals surface area contributed by atoms with Crippen molar-refractivity contribution in [1.29, 1.82) is 0 Å². The summed E-state index contributed by atoms with van der Waals surface area (Å²) in [4.78, 5) is 7.71. The molecule has 0 fully saturated rings. The van der Waals surface area contributed by atoms with E-state index < -0.39 is 6.10 Å². The van der Waals surface area contributed by atoms with Crippen molar-refractivity contribution in [1.82, 2.24) is 9.97 Å². The maximum Gasteiger partial charge on any atom is 0.223 e. The molecule has 0 saturated carbocycles. The van der Waals surface area contributed by atoms with E-state index in [2.05, 4.69) is 15.3 Å². The van der Waals surface area contributed by atoms with E-state index in [1.54, 1.807) is 18.2 Å². The quantitative estimate of drug-likeness (QED) is 0.730. The highest BCUT2D eigenvalue weighted by molar-refractivity contribution is 6.30. The molecule has 2 aromatic rings. The Kier molecular flexibility index (Phi) is 5.06. The van der Waals surface area contributed by atoms with Crippen LogP contribution in [-0.2, 0) is 0 Å². The summed E-state index contributed by atoms with van der Waals surface area (Å²) in [5, 5.41) is 13.9. The molecule has 0 aliphatic heterocycles. The normalized spacial score (nSPS) is 12.0. The van der Waals surface area contributed by atoms with Gasteiger partial charge >= 0.3 is 0 Å². The van der Waals surface area contributed by atoms with Crippen LogP contribution in [0.15, 0.2) is 24.3 Å². The van der Waals surface area contributed by atoms with Crippen LogP contribution in [0.3, 0.4) is 0 Å². The number of hydrogen-bond acceptors (Lipinski definition) is 6. The van der Waals surface area contributed by atoms with Gasteiger partial charge in [0.1, 0.15) is 16.7 Å². The number of nitrogens with two attached hydrogens (primary N) is 1. The molecule has 6 nitrogen and oxygen atoms in total. The van der Waals surface area contributed by atoms with Gasteiger partial charge in [-0.15, -0.1) is 0 Å². The number of methoxy groups -OCH3 is 1. The van der Waals surface area contributed by atoms with Crippen LogP contribution in [0.2, 0.25) is 10.2 Å². The van der Waals surface area contributed by atoms with E-state index in [1.165, 1.54) is 13.2 Å². The first-order valence-electron chi connectivity index (χ1n) is 6.05. The lowest BCUT2D eigenvalue weighted by Gasteiger charge is -2.16. The zero-order valence-corrected chi connectivity index (χ0v) is 12.7. The van der Waals surface area contributed by atoms with Crippen LogP contribution >= 0.6 is 23.2 Å². The van der Waals surface area contributed by atoms with Crippen molar-refractivity contribution in [2.45, 2.75) is 6.10 Å². The van der Waals surface area contributed by atoms with E-state index in [0.29, 0.717) is 22.2 Å². The summed E-state index contributed by atoms with van der Waals surface area (Å²) in [6, 6.07) is 6.54. The minimum atomic E-state index is -0.839. The Morgan fingerprint density at radius 3 is 2.76 bits per heavy atom. The lowest BCUT2D eigenvalue weighted by Crippen LogP contribution is -2.14. The second-order valence-electron chi connectivity index (χ2n) is 4.22. The Hall–Kier alpha value is -1.76. The van der Waals surface area contributed by atoms with Crippen molar-refractivity contribution in [3.8, 4) is 5.75 Å². The second kappa shape index (κ2) is 6.80. The van der Waals surface area contributed by atoms with Crippen LogP contribution in [0.1, 0.15) is 11.7 Å². The van der Waals surface area contributed by atoms with Gasteiger partial charge in [-0.2, -0.15) is 4.98 Å². The average molecular weight is 329 g/mol. The van der Waals surface area contributed by atoms with E-state index in [4.69, 9.17) is 33.7 Å². The number of nitrogens with zero attached hydrogens (tertiary/aromatic N) is 2. The Bertz CT molecular complexity index is 619. The van der Waals surface area contributed by atoms with Crippen LogP contribution in [-0.4, -0.2) is 28.7 Å². The molecule has 0 aliphatic carbocycles. The number of aliphatic hydroxyl groups is 1. The molecule has 4 N–H and O–H groups in total. The highest BCUT2D eigenvalue weighted by Gasteiger charge is 2.14. The summed E-state index contributed by atoms with van der Waals surface area (Å²) in [6.45, 7) is 0.184. The van der Waals surface area contributed by atoms with Gasteiger partial charge in [-0.25, -0.2) is 4.98 Å². The van der Waals surface area contributed by atoms with Gasteiger partial charge in [-0.1, -0.05) is 23.2 Å². The van der Waals surface area contributed by atoms with E-state index in [9.17, 15) is 5.11 Å². The first kappa shape index (κ1) is 15.6. The highest BCUT2D eigenvalue weighted by Crippen LogP contribution is 2.28. The molecule has 0 radical (unpaired) electrons. The SMILES string of the molecule is COc1ccc(Cl)cc1C(O)CNc1cc(Cl)nc(N)n1. The number of aromatic nitrogens is 2. The van der Waals surface area contributed by atoms with Crippen molar-refractivity contribution < 1.29 is 9.84 Å². The average Bonchev–Trinajstić information content (AvgIpc) is 2.43. The van der Waals surface area contributed by atoms with Crippen LogP contribution in [0.5, 0.6) is 5.75 Å². The van der Waals surface area contributed by atoms with E-state index in [0.717, 1.165) is 0 Å². The Morgan fingerprint density at radius 1 is 1.33 bits per heavy atom. The van der Waals surface area contributed by atoms with Gasteiger partial charge in [0.25, 0.3) is 0 Å². The molecule has 1 heterocycles. The number of halogens is 2. The summed E-state index contributed by atoms with van der Waals surface area (Å²) in [6.07, 6.45) is -0.839. The van der Waals surface area contributed by atoms with Gasteiger partial charge in [-0.3, -0.25) is 0 Å². The fraction of sp³-hybridized carbons (Fsp3) is 0.231. The van der Waals surface area contributed by atoms with Crippen molar-refractivity contribution in [2.75, 3.05) is 24.7 Å². The Morgan fingerprint density at radius 2 is 2.10 bits per heavy atom. The summed E-state index contributed by atoms with van der Waals surface area (Å²) in [5.74, 6) is 1.03.